The monoisotopic (exact) mass is 374 g/mol. The van der Waals surface area contributed by atoms with E-state index in [0.717, 1.165) is 6.26 Å². The van der Waals surface area contributed by atoms with E-state index in [2.05, 4.69) is 10.6 Å². The number of rotatable bonds is 9. The second kappa shape index (κ2) is 8.65. The molecule has 0 bridgehead atoms. The molecule has 0 spiro atoms. The topological polar surface area (TPSA) is 143 Å². The fourth-order valence-electron chi connectivity index (χ4n) is 2.02. The maximum Gasteiger partial charge on any atom is 0.326 e. The maximum atomic E-state index is 11.9. The zero-order chi connectivity index (χ0) is 19.2. The van der Waals surface area contributed by atoms with Crippen LogP contribution in [0.2, 0.25) is 0 Å². The zero-order valence-electron chi connectivity index (χ0n) is 14.2. The Morgan fingerprint density at radius 3 is 2.40 bits per heavy atom. The van der Waals surface area contributed by atoms with Crippen LogP contribution in [0.3, 0.4) is 0 Å². The summed E-state index contributed by atoms with van der Waals surface area (Å²) < 4.78 is 27.4. The first kappa shape index (κ1) is 20.7. The lowest BCUT2D eigenvalue weighted by molar-refractivity contribution is -0.142. The lowest BCUT2D eigenvalue weighted by Crippen LogP contribution is -2.46. The summed E-state index contributed by atoms with van der Waals surface area (Å²) in [6.07, 6.45) is 1.30. The van der Waals surface area contributed by atoms with Crippen LogP contribution in [0.1, 0.15) is 36.6 Å². The lowest BCUT2D eigenvalue weighted by Gasteiger charge is -2.16. The number of carboxylic acids is 1. The van der Waals surface area contributed by atoms with Gasteiger partial charge in [0.25, 0.3) is 5.91 Å². The Morgan fingerprint density at radius 2 is 1.88 bits per heavy atom. The predicted octanol–water partition coefficient (Wildman–Crippen LogP) is 0.170. The van der Waals surface area contributed by atoms with Gasteiger partial charge in [-0.3, -0.25) is 9.59 Å². The van der Waals surface area contributed by atoms with Crippen molar-refractivity contribution < 1.29 is 32.3 Å². The molecule has 140 valence electrons. The average Bonchev–Trinajstić information content (AvgIpc) is 2.89. The molecule has 0 aliphatic heterocycles. The van der Waals surface area contributed by atoms with E-state index < -0.39 is 40.2 Å². The molecule has 25 heavy (non-hydrogen) atoms. The largest absolute Gasteiger partial charge is 0.480 e. The number of carboxylic acid groups (broad SMARTS) is 1. The molecular formula is C15H22N2O7S. The van der Waals surface area contributed by atoms with Gasteiger partial charge in [-0.05, 0) is 24.5 Å². The first-order valence-electron chi connectivity index (χ1n) is 7.54. The minimum atomic E-state index is -3.29. The highest BCUT2D eigenvalue weighted by Crippen LogP contribution is 2.11. The third-order valence-corrected chi connectivity index (χ3v) is 3.85. The molecule has 0 saturated carbocycles. The molecule has 1 aromatic heterocycles. The molecule has 0 radical (unpaired) electrons. The molecule has 9 nitrogen and oxygen atoms in total. The standard InChI is InChI=1S/C15H22N2O7S/c1-9(2)6-11(15(20)21)17-13(18)7-16-14(19)12-5-4-10(24-12)8-25(3,22)23/h4-5,9,11H,6-8H2,1-3H3,(H,16,19)(H,17,18)(H,20,21)/t11-/m0/s1. The second-order valence-corrected chi connectivity index (χ2v) is 8.25. The molecule has 0 aliphatic rings. The molecule has 1 atom stereocenters. The Morgan fingerprint density at radius 1 is 1.24 bits per heavy atom. The summed E-state index contributed by atoms with van der Waals surface area (Å²) >= 11 is 0. The number of carbonyl (C=O) groups is 3. The highest BCUT2D eigenvalue weighted by atomic mass is 32.2. The van der Waals surface area contributed by atoms with Crippen molar-refractivity contribution in [1.82, 2.24) is 10.6 Å². The number of hydrogen-bond donors (Lipinski definition) is 3. The number of aliphatic carboxylic acids is 1. The SMILES string of the molecule is CC(C)C[C@H](NC(=O)CNC(=O)c1ccc(CS(C)(=O)=O)o1)C(=O)O. The van der Waals surface area contributed by atoms with Crippen molar-refractivity contribution in [2.45, 2.75) is 32.1 Å². The van der Waals surface area contributed by atoms with Crippen LogP contribution in [-0.2, 0) is 25.2 Å². The fourth-order valence-corrected chi connectivity index (χ4v) is 2.69. The van der Waals surface area contributed by atoms with Gasteiger partial charge in [0.05, 0.1) is 6.54 Å². The van der Waals surface area contributed by atoms with Crippen LogP contribution >= 0.6 is 0 Å². The Labute approximate surface area is 145 Å². The van der Waals surface area contributed by atoms with Crippen molar-refractivity contribution in [2.24, 2.45) is 5.92 Å². The first-order chi connectivity index (χ1) is 11.5. The van der Waals surface area contributed by atoms with Crippen molar-refractivity contribution >= 4 is 27.6 Å². The van der Waals surface area contributed by atoms with Crippen molar-refractivity contribution in [2.75, 3.05) is 12.8 Å². The smallest absolute Gasteiger partial charge is 0.326 e. The van der Waals surface area contributed by atoms with Crippen LogP contribution < -0.4 is 10.6 Å². The fraction of sp³-hybridized carbons (Fsp3) is 0.533. The van der Waals surface area contributed by atoms with Crippen LogP contribution in [0.5, 0.6) is 0 Å². The summed E-state index contributed by atoms with van der Waals surface area (Å²) in [5, 5.41) is 13.7. The molecule has 0 aliphatic carbocycles. The average molecular weight is 374 g/mol. The van der Waals surface area contributed by atoms with Gasteiger partial charge < -0.3 is 20.2 Å². The Kier molecular flexibility index (Phi) is 7.16. The van der Waals surface area contributed by atoms with E-state index in [9.17, 15) is 22.8 Å². The van der Waals surface area contributed by atoms with Gasteiger partial charge in [0.15, 0.2) is 15.6 Å². The summed E-state index contributed by atoms with van der Waals surface area (Å²) in [6, 6.07) is 1.63. The van der Waals surface area contributed by atoms with E-state index in [1.165, 1.54) is 12.1 Å². The van der Waals surface area contributed by atoms with E-state index >= 15 is 0 Å². The number of carbonyl (C=O) groups excluding carboxylic acids is 2. The number of amides is 2. The molecule has 1 rings (SSSR count). The quantitative estimate of drug-likeness (QED) is 0.559. The molecule has 2 amide bonds. The predicted molar refractivity (Wildman–Crippen MR) is 88.6 cm³/mol. The molecule has 0 unspecified atom stereocenters. The first-order valence-corrected chi connectivity index (χ1v) is 9.60. The molecule has 1 aromatic rings. The zero-order valence-corrected chi connectivity index (χ0v) is 15.1. The van der Waals surface area contributed by atoms with Crippen molar-refractivity contribution in [3.05, 3.63) is 23.7 Å². The second-order valence-electron chi connectivity index (χ2n) is 6.11. The molecule has 10 heteroatoms. The summed E-state index contributed by atoms with van der Waals surface area (Å²) in [5.74, 6) is -2.79. The third kappa shape index (κ3) is 7.84. The van der Waals surface area contributed by atoms with Gasteiger partial charge in [-0.25, -0.2) is 13.2 Å². The highest BCUT2D eigenvalue weighted by molar-refractivity contribution is 7.89. The van der Waals surface area contributed by atoms with E-state index in [1.54, 1.807) is 0 Å². The van der Waals surface area contributed by atoms with Gasteiger partial charge in [-0.1, -0.05) is 13.8 Å². The normalized spacial score (nSPS) is 12.6. The minimum absolute atomic E-state index is 0.0763. The molecule has 3 N–H and O–H groups in total. The number of furan rings is 1. The van der Waals surface area contributed by atoms with Crippen molar-refractivity contribution in [1.29, 1.82) is 0 Å². The Hall–Kier alpha value is -2.36. The summed E-state index contributed by atoms with van der Waals surface area (Å²) in [7, 11) is -3.29. The third-order valence-electron chi connectivity index (χ3n) is 3.04. The van der Waals surface area contributed by atoms with Crippen LogP contribution in [0.4, 0.5) is 0 Å². The number of nitrogens with one attached hydrogen (secondary N) is 2. The molecule has 0 fully saturated rings. The minimum Gasteiger partial charge on any atom is -0.480 e. The van der Waals surface area contributed by atoms with E-state index in [1.807, 2.05) is 13.8 Å². The molecule has 0 saturated heterocycles. The molecule has 0 aromatic carbocycles. The molecule has 1 heterocycles. The van der Waals surface area contributed by atoms with E-state index in [0.29, 0.717) is 0 Å². The van der Waals surface area contributed by atoms with Gasteiger partial charge in [-0.15, -0.1) is 0 Å². The van der Waals surface area contributed by atoms with E-state index in [4.69, 9.17) is 9.52 Å². The van der Waals surface area contributed by atoms with Gasteiger partial charge in [0, 0.05) is 6.26 Å². The van der Waals surface area contributed by atoms with E-state index in [-0.39, 0.29) is 29.6 Å². The van der Waals surface area contributed by atoms with Crippen molar-refractivity contribution in [3.63, 3.8) is 0 Å². The Balaban J connectivity index is 2.55. The molecular weight excluding hydrogens is 352 g/mol. The van der Waals surface area contributed by atoms with Crippen LogP contribution in [-0.4, -0.2) is 50.2 Å². The van der Waals surface area contributed by atoms with Crippen LogP contribution in [0.15, 0.2) is 16.5 Å². The van der Waals surface area contributed by atoms with Crippen LogP contribution in [0.25, 0.3) is 0 Å². The number of hydrogen-bond acceptors (Lipinski definition) is 6. The maximum absolute atomic E-state index is 11.9. The summed E-state index contributed by atoms with van der Waals surface area (Å²) in [6.45, 7) is 3.23. The number of sulfone groups is 1. The Bertz CT molecular complexity index is 737. The summed E-state index contributed by atoms with van der Waals surface area (Å²) in [4.78, 5) is 34.7. The van der Waals surface area contributed by atoms with Gasteiger partial charge in [0.1, 0.15) is 17.6 Å². The highest BCUT2D eigenvalue weighted by Gasteiger charge is 2.21. The van der Waals surface area contributed by atoms with Crippen molar-refractivity contribution in [3.8, 4) is 0 Å². The van der Waals surface area contributed by atoms with Gasteiger partial charge in [-0.2, -0.15) is 0 Å². The van der Waals surface area contributed by atoms with Crippen LogP contribution in [0, 0.1) is 5.92 Å². The van der Waals surface area contributed by atoms with Gasteiger partial charge in [0.2, 0.25) is 5.91 Å². The van der Waals surface area contributed by atoms with Gasteiger partial charge >= 0.3 is 5.97 Å². The lowest BCUT2D eigenvalue weighted by atomic mass is 10.0. The summed E-state index contributed by atoms with van der Waals surface area (Å²) in [5.41, 5.74) is 0.